The summed E-state index contributed by atoms with van der Waals surface area (Å²) in [4.78, 5) is 8.37. The Labute approximate surface area is 206 Å². The van der Waals surface area contributed by atoms with Crippen LogP contribution < -0.4 is 4.74 Å². The van der Waals surface area contributed by atoms with Crippen LogP contribution in [0.1, 0.15) is 12.0 Å². The molecule has 2 heterocycles. The van der Waals surface area contributed by atoms with E-state index >= 15 is 0 Å². The van der Waals surface area contributed by atoms with Gasteiger partial charge in [-0.05, 0) is 36.8 Å². The molecule has 10 heteroatoms. The van der Waals surface area contributed by atoms with Crippen molar-refractivity contribution < 1.29 is 18.6 Å². The Morgan fingerprint density at radius 1 is 1.00 bits per heavy atom. The van der Waals surface area contributed by atoms with E-state index in [1.54, 1.807) is 0 Å². The van der Waals surface area contributed by atoms with Crippen LogP contribution in [-0.2, 0) is 12.1 Å². The monoisotopic (exact) mass is 535 g/mol. The molecular formula is C24H28BrF2N5O2. The lowest BCUT2D eigenvalue weighted by Crippen LogP contribution is -2.52. The van der Waals surface area contributed by atoms with E-state index in [4.69, 9.17) is 4.74 Å². The molecule has 1 fully saturated rings. The third kappa shape index (κ3) is 6.59. The quantitative estimate of drug-likeness (QED) is 0.402. The van der Waals surface area contributed by atoms with Crippen LogP contribution in [0.3, 0.4) is 0 Å². The fourth-order valence-electron chi connectivity index (χ4n) is 4.22. The molecule has 4 rings (SSSR count). The van der Waals surface area contributed by atoms with Crippen molar-refractivity contribution in [3.63, 3.8) is 0 Å². The number of rotatable bonds is 10. The molecule has 1 N–H and O–H groups in total. The molecule has 1 saturated heterocycles. The van der Waals surface area contributed by atoms with E-state index in [0.717, 1.165) is 55.4 Å². The van der Waals surface area contributed by atoms with Gasteiger partial charge in [-0.3, -0.25) is 4.90 Å². The number of β-amino-alcohol motifs (C(OH)–C–C–N with tert-alkyl or cyclic N) is 1. The molecule has 1 atom stereocenters. The zero-order chi connectivity index (χ0) is 24.0. The molecule has 0 saturated carbocycles. The number of hydrogen-bond donors (Lipinski definition) is 1. The molecule has 0 bridgehead atoms. The van der Waals surface area contributed by atoms with E-state index in [2.05, 4.69) is 35.8 Å². The Morgan fingerprint density at radius 3 is 2.41 bits per heavy atom. The van der Waals surface area contributed by atoms with Gasteiger partial charge in [-0.25, -0.2) is 18.4 Å². The predicted molar refractivity (Wildman–Crippen MR) is 127 cm³/mol. The van der Waals surface area contributed by atoms with Crippen LogP contribution in [0.25, 0.3) is 0 Å². The van der Waals surface area contributed by atoms with E-state index in [-0.39, 0.29) is 18.7 Å². The summed E-state index contributed by atoms with van der Waals surface area (Å²) in [5, 5.41) is 15.6. The number of aliphatic hydroxyl groups is 1. The maximum Gasteiger partial charge on any atom is 0.137 e. The number of benzene rings is 2. The maximum atomic E-state index is 14.6. The van der Waals surface area contributed by atoms with Crippen molar-refractivity contribution in [2.24, 2.45) is 0 Å². The fraction of sp³-hybridized carbons (Fsp3) is 0.417. The third-order valence-electron chi connectivity index (χ3n) is 5.97. The summed E-state index contributed by atoms with van der Waals surface area (Å²) in [5.41, 5.74) is -1.52. The first-order chi connectivity index (χ1) is 16.4. The molecule has 0 spiro atoms. The highest BCUT2D eigenvalue weighted by Crippen LogP contribution is 2.28. The van der Waals surface area contributed by atoms with Crippen molar-refractivity contribution in [1.82, 2.24) is 24.6 Å². The van der Waals surface area contributed by atoms with Crippen LogP contribution in [0.2, 0.25) is 0 Å². The lowest BCUT2D eigenvalue weighted by Gasteiger charge is -2.39. The van der Waals surface area contributed by atoms with E-state index in [0.29, 0.717) is 6.61 Å². The number of hydrogen-bond acceptors (Lipinski definition) is 6. The molecule has 2 aromatic carbocycles. The zero-order valence-electron chi connectivity index (χ0n) is 18.8. The molecule has 7 nitrogen and oxygen atoms in total. The normalized spacial score (nSPS) is 16.9. The van der Waals surface area contributed by atoms with E-state index in [1.807, 2.05) is 24.3 Å². The fourth-order valence-corrected chi connectivity index (χ4v) is 4.48. The van der Waals surface area contributed by atoms with Gasteiger partial charge in [0.1, 0.15) is 35.6 Å². The summed E-state index contributed by atoms with van der Waals surface area (Å²) >= 11 is 3.41. The van der Waals surface area contributed by atoms with Crippen molar-refractivity contribution in [3.8, 4) is 5.75 Å². The molecule has 182 valence electrons. The Hall–Kier alpha value is -2.40. The van der Waals surface area contributed by atoms with Gasteiger partial charge in [-0.2, -0.15) is 5.10 Å². The molecule has 1 aliphatic rings. The summed E-state index contributed by atoms with van der Waals surface area (Å²) in [6.45, 7) is 4.92. The van der Waals surface area contributed by atoms with Crippen LogP contribution in [0.15, 0.2) is 59.6 Å². The van der Waals surface area contributed by atoms with Gasteiger partial charge in [0.05, 0.1) is 13.2 Å². The van der Waals surface area contributed by atoms with Gasteiger partial charge in [0.25, 0.3) is 0 Å². The first kappa shape index (κ1) is 24.7. The van der Waals surface area contributed by atoms with Crippen LogP contribution in [0.5, 0.6) is 5.75 Å². The predicted octanol–water partition coefficient (Wildman–Crippen LogP) is 3.29. The molecule has 0 amide bonds. The highest BCUT2D eigenvalue weighted by Gasteiger charge is 2.36. The summed E-state index contributed by atoms with van der Waals surface area (Å²) < 4.78 is 36.4. The number of nitrogens with zero attached hydrogens (tertiary/aromatic N) is 5. The Morgan fingerprint density at radius 2 is 1.74 bits per heavy atom. The SMILES string of the molecule is OC(CN1CCN(CCCOc2ccc(Br)cc2)CC1)(Cn1cncn1)c1ccc(F)cc1F. The van der Waals surface area contributed by atoms with Gasteiger partial charge in [-0.1, -0.05) is 22.0 Å². The van der Waals surface area contributed by atoms with Crippen molar-refractivity contribution in [2.75, 3.05) is 45.9 Å². The first-order valence-corrected chi connectivity index (χ1v) is 12.0. The molecule has 1 unspecified atom stereocenters. The van der Waals surface area contributed by atoms with E-state index in [9.17, 15) is 13.9 Å². The van der Waals surface area contributed by atoms with Crippen molar-refractivity contribution in [3.05, 3.63) is 76.8 Å². The minimum atomic E-state index is -1.58. The van der Waals surface area contributed by atoms with Gasteiger partial charge in [0.2, 0.25) is 0 Å². The van der Waals surface area contributed by atoms with E-state index in [1.165, 1.54) is 29.5 Å². The second-order valence-corrected chi connectivity index (χ2v) is 9.44. The summed E-state index contributed by atoms with van der Waals surface area (Å²) in [6.07, 6.45) is 3.74. The van der Waals surface area contributed by atoms with E-state index < -0.39 is 17.2 Å². The smallest absolute Gasteiger partial charge is 0.137 e. The van der Waals surface area contributed by atoms with Crippen LogP contribution >= 0.6 is 15.9 Å². The average Bonchev–Trinajstić information content (AvgIpc) is 3.31. The van der Waals surface area contributed by atoms with Crippen molar-refractivity contribution in [1.29, 1.82) is 0 Å². The first-order valence-electron chi connectivity index (χ1n) is 11.2. The van der Waals surface area contributed by atoms with Gasteiger partial charge in [0.15, 0.2) is 0 Å². The molecule has 3 aromatic rings. The van der Waals surface area contributed by atoms with Crippen molar-refractivity contribution in [2.45, 2.75) is 18.6 Å². The lowest BCUT2D eigenvalue weighted by atomic mass is 9.92. The molecule has 34 heavy (non-hydrogen) atoms. The minimum Gasteiger partial charge on any atom is -0.494 e. The largest absolute Gasteiger partial charge is 0.494 e. The molecule has 0 radical (unpaired) electrons. The Balaban J connectivity index is 1.29. The molecule has 0 aliphatic carbocycles. The third-order valence-corrected chi connectivity index (χ3v) is 6.50. The van der Waals surface area contributed by atoms with Gasteiger partial charge >= 0.3 is 0 Å². The Bertz CT molecular complexity index is 1050. The van der Waals surface area contributed by atoms with Gasteiger partial charge < -0.3 is 14.7 Å². The second-order valence-electron chi connectivity index (χ2n) is 8.52. The number of halogens is 3. The lowest BCUT2D eigenvalue weighted by molar-refractivity contribution is -0.0320. The number of ether oxygens (including phenoxy) is 1. The zero-order valence-corrected chi connectivity index (χ0v) is 20.4. The second kappa shape index (κ2) is 11.4. The summed E-state index contributed by atoms with van der Waals surface area (Å²) in [7, 11) is 0. The standard InChI is InChI=1S/C24H28BrF2N5O2/c25-19-2-5-21(6-3-19)34-13-1-8-30-9-11-31(12-10-30)15-24(33,16-32-18-28-17-29-32)22-7-4-20(26)14-23(22)27/h2-7,14,17-18,33H,1,8-13,15-16H2. The molecule has 1 aliphatic heterocycles. The van der Waals surface area contributed by atoms with Gasteiger partial charge in [-0.15, -0.1) is 0 Å². The highest BCUT2D eigenvalue weighted by molar-refractivity contribution is 9.10. The molecule has 1 aromatic heterocycles. The number of piperazine rings is 1. The summed E-state index contributed by atoms with van der Waals surface area (Å²) in [5.74, 6) is -0.596. The highest BCUT2D eigenvalue weighted by atomic mass is 79.9. The average molecular weight is 536 g/mol. The number of aromatic nitrogens is 3. The van der Waals surface area contributed by atoms with Crippen LogP contribution in [0.4, 0.5) is 8.78 Å². The van der Waals surface area contributed by atoms with Crippen molar-refractivity contribution >= 4 is 15.9 Å². The van der Waals surface area contributed by atoms with Crippen LogP contribution in [0, 0.1) is 11.6 Å². The topological polar surface area (TPSA) is 66.7 Å². The maximum absolute atomic E-state index is 14.6. The molecular weight excluding hydrogens is 508 g/mol. The summed E-state index contributed by atoms with van der Waals surface area (Å²) in [6, 6.07) is 11.1. The minimum absolute atomic E-state index is 0.0170. The van der Waals surface area contributed by atoms with Gasteiger partial charge in [0, 0.05) is 55.4 Å². The van der Waals surface area contributed by atoms with Crippen LogP contribution in [-0.4, -0.2) is 75.5 Å². The Kier molecular flexibility index (Phi) is 8.25.